The minimum absolute atomic E-state index is 0.225. The van der Waals surface area contributed by atoms with Gasteiger partial charge in [-0.15, -0.1) is 0 Å². The van der Waals surface area contributed by atoms with Crippen LogP contribution in [-0.2, 0) is 4.79 Å². The van der Waals surface area contributed by atoms with E-state index in [9.17, 15) is 4.79 Å². The Morgan fingerprint density at radius 1 is 1.29 bits per heavy atom. The van der Waals surface area contributed by atoms with Crippen LogP contribution in [0.5, 0.6) is 0 Å². The van der Waals surface area contributed by atoms with Crippen molar-refractivity contribution in [2.24, 2.45) is 11.3 Å². The predicted molar refractivity (Wildman–Crippen MR) is 83.3 cm³/mol. The fourth-order valence-electron chi connectivity index (χ4n) is 4.09. The Bertz CT molecular complexity index is 386. The van der Waals surface area contributed by atoms with Crippen molar-refractivity contribution in [3.05, 3.63) is 0 Å². The van der Waals surface area contributed by atoms with Gasteiger partial charge in [-0.1, -0.05) is 20.3 Å². The lowest BCUT2D eigenvalue weighted by atomic mass is 9.81. The largest absolute Gasteiger partial charge is 0.480 e. The van der Waals surface area contributed by atoms with E-state index in [1.54, 1.807) is 0 Å². The Morgan fingerprint density at radius 2 is 2.00 bits per heavy atom. The van der Waals surface area contributed by atoms with Crippen molar-refractivity contribution in [1.82, 2.24) is 10.2 Å². The summed E-state index contributed by atoms with van der Waals surface area (Å²) in [5.41, 5.74) is 0.430. The number of aliphatic carboxylic acids is 1. The number of hydrogen-bond acceptors (Lipinski definition) is 3. The first-order valence-electron chi connectivity index (χ1n) is 8.66. The van der Waals surface area contributed by atoms with Crippen molar-refractivity contribution in [1.29, 1.82) is 0 Å². The number of rotatable bonds is 7. The molecule has 0 heterocycles. The van der Waals surface area contributed by atoms with Crippen molar-refractivity contribution in [3.63, 3.8) is 0 Å². The third kappa shape index (κ3) is 3.78. The highest BCUT2D eigenvalue weighted by Gasteiger charge is 2.41. The summed E-state index contributed by atoms with van der Waals surface area (Å²) in [5.74, 6) is 0.0918. The molecule has 1 atom stereocenters. The van der Waals surface area contributed by atoms with Crippen LogP contribution < -0.4 is 5.32 Å². The second-order valence-electron chi connectivity index (χ2n) is 8.19. The Balaban J connectivity index is 1.45. The lowest BCUT2D eigenvalue weighted by Gasteiger charge is -2.45. The molecule has 0 bridgehead atoms. The fraction of sp³-hybridized carbons (Fsp3) is 0.941. The highest BCUT2D eigenvalue weighted by molar-refractivity contribution is 5.69. The van der Waals surface area contributed by atoms with Gasteiger partial charge < -0.3 is 10.4 Å². The zero-order valence-electron chi connectivity index (χ0n) is 13.5. The van der Waals surface area contributed by atoms with Gasteiger partial charge in [-0.2, -0.15) is 0 Å². The second-order valence-corrected chi connectivity index (χ2v) is 8.19. The Kier molecular flexibility index (Phi) is 4.28. The standard InChI is InChI=1S/C17H30N2O2/c1-17(2)7-3-4-15(17)18-13-8-14(9-13)19(11-16(20)21)10-12-5-6-12/h12-15,18H,3-11H2,1-2H3,(H,20,21). The van der Waals surface area contributed by atoms with Crippen molar-refractivity contribution >= 4 is 5.97 Å². The van der Waals surface area contributed by atoms with E-state index in [1.165, 1.54) is 32.1 Å². The number of nitrogens with zero attached hydrogens (tertiary/aromatic N) is 1. The zero-order valence-corrected chi connectivity index (χ0v) is 13.5. The van der Waals surface area contributed by atoms with Gasteiger partial charge in [0.15, 0.2) is 0 Å². The monoisotopic (exact) mass is 294 g/mol. The maximum atomic E-state index is 11.0. The molecule has 0 amide bonds. The SMILES string of the molecule is CC1(C)CCCC1NC1CC(N(CC(=O)O)CC2CC2)C1. The molecule has 4 heteroatoms. The van der Waals surface area contributed by atoms with Gasteiger partial charge in [0.25, 0.3) is 0 Å². The van der Waals surface area contributed by atoms with Crippen LogP contribution in [0.2, 0.25) is 0 Å². The van der Waals surface area contributed by atoms with E-state index < -0.39 is 5.97 Å². The molecule has 0 spiro atoms. The van der Waals surface area contributed by atoms with Crippen LogP contribution in [-0.4, -0.2) is 47.2 Å². The number of nitrogens with one attached hydrogen (secondary N) is 1. The second kappa shape index (κ2) is 5.88. The Morgan fingerprint density at radius 3 is 2.52 bits per heavy atom. The van der Waals surface area contributed by atoms with E-state index in [1.807, 2.05) is 0 Å². The predicted octanol–water partition coefficient (Wildman–Crippen LogP) is 2.48. The van der Waals surface area contributed by atoms with Crippen LogP contribution in [0, 0.1) is 11.3 Å². The summed E-state index contributed by atoms with van der Waals surface area (Å²) < 4.78 is 0. The van der Waals surface area contributed by atoms with E-state index in [-0.39, 0.29) is 6.54 Å². The molecule has 1 unspecified atom stereocenters. The third-order valence-electron chi connectivity index (χ3n) is 5.85. The zero-order chi connectivity index (χ0) is 15.0. The third-order valence-corrected chi connectivity index (χ3v) is 5.85. The van der Waals surface area contributed by atoms with Gasteiger partial charge in [0, 0.05) is 24.7 Å². The van der Waals surface area contributed by atoms with Crippen molar-refractivity contribution in [2.75, 3.05) is 13.1 Å². The van der Waals surface area contributed by atoms with E-state index in [2.05, 4.69) is 24.1 Å². The molecule has 0 aromatic heterocycles. The summed E-state index contributed by atoms with van der Waals surface area (Å²) in [6.45, 7) is 5.97. The van der Waals surface area contributed by atoms with Gasteiger partial charge in [0.2, 0.25) is 0 Å². The summed E-state index contributed by atoms with van der Waals surface area (Å²) >= 11 is 0. The molecule has 0 aliphatic heterocycles. The minimum atomic E-state index is -0.677. The average molecular weight is 294 g/mol. The molecule has 0 aromatic rings. The van der Waals surface area contributed by atoms with Crippen LogP contribution in [0.3, 0.4) is 0 Å². The van der Waals surface area contributed by atoms with Gasteiger partial charge in [-0.05, 0) is 49.9 Å². The topological polar surface area (TPSA) is 52.6 Å². The molecular formula is C17H30N2O2. The maximum Gasteiger partial charge on any atom is 0.317 e. The molecule has 0 saturated heterocycles. The summed E-state index contributed by atoms with van der Waals surface area (Å²) in [6, 6.07) is 1.75. The van der Waals surface area contributed by atoms with Crippen LogP contribution in [0.15, 0.2) is 0 Å². The van der Waals surface area contributed by atoms with Gasteiger partial charge in [0.05, 0.1) is 6.54 Å². The summed E-state index contributed by atoms with van der Waals surface area (Å²) in [4.78, 5) is 13.3. The van der Waals surface area contributed by atoms with Crippen molar-refractivity contribution < 1.29 is 9.90 Å². The van der Waals surface area contributed by atoms with E-state index in [4.69, 9.17) is 5.11 Å². The first-order valence-corrected chi connectivity index (χ1v) is 8.66. The summed E-state index contributed by atoms with van der Waals surface area (Å²) in [7, 11) is 0. The quantitative estimate of drug-likeness (QED) is 0.757. The van der Waals surface area contributed by atoms with E-state index >= 15 is 0 Å². The molecule has 21 heavy (non-hydrogen) atoms. The molecule has 3 saturated carbocycles. The lowest BCUT2D eigenvalue weighted by molar-refractivity contribution is -0.139. The number of hydrogen-bond donors (Lipinski definition) is 2. The molecule has 0 radical (unpaired) electrons. The van der Waals surface area contributed by atoms with Crippen LogP contribution in [0.1, 0.15) is 58.8 Å². The molecule has 120 valence electrons. The van der Waals surface area contributed by atoms with Gasteiger partial charge in [0.1, 0.15) is 0 Å². The highest BCUT2D eigenvalue weighted by atomic mass is 16.4. The molecule has 3 aliphatic carbocycles. The smallest absolute Gasteiger partial charge is 0.317 e. The first-order chi connectivity index (χ1) is 9.94. The lowest BCUT2D eigenvalue weighted by Crippen LogP contribution is -2.57. The Labute approximate surface area is 128 Å². The number of carbonyl (C=O) groups is 1. The van der Waals surface area contributed by atoms with Gasteiger partial charge in [-0.3, -0.25) is 9.69 Å². The van der Waals surface area contributed by atoms with Gasteiger partial charge >= 0.3 is 5.97 Å². The van der Waals surface area contributed by atoms with Crippen LogP contribution >= 0.6 is 0 Å². The Hall–Kier alpha value is -0.610. The first kappa shape index (κ1) is 15.3. The molecule has 2 N–H and O–H groups in total. The molecule has 3 aliphatic rings. The number of carboxylic acid groups (broad SMARTS) is 1. The van der Waals surface area contributed by atoms with Crippen molar-refractivity contribution in [3.8, 4) is 0 Å². The molecule has 3 rings (SSSR count). The molecule has 4 nitrogen and oxygen atoms in total. The van der Waals surface area contributed by atoms with Crippen molar-refractivity contribution in [2.45, 2.75) is 76.9 Å². The summed E-state index contributed by atoms with van der Waals surface area (Å²) in [5, 5.41) is 12.9. The molecule has 3 fully saturated rings. The average Bonchev–Trinajstić information content (AvgIpc) is 3.06. The summed E-state index contributed by atoms with van der Waals surface area (Å²) in [6.07, 6.45) is 8.82. The normalized spacial score (nSPS) is 34.9. The van der Waals surface area contributed by atoms with E-state index in [0.717, 1.165) is 25.3 Å². The number of carboxylic acids is 1. The molecule has 0 aromatic carbocycles. The van der Waals surface area contributed by atoms with Crippen LogP contribution in [0.4, 0.5) is 0 Å². The minimum Gasteiger partial charge on any atom is -0.480 e. The molecular weight excluding hydrogens is 264 g/mol. The van der Waals surface area contributed by atoms with Crippen LogP contribution in [0.25, 0.3) is 0 Å². The van der Waals surface area contributed by atoms with E-state index in [0.29, 0.717) is 23.5 Å². The maximum absolute atomic E-state index is 11.0. The highest BCUT2D eigenvalue weighted by Crippen LogP contribution is 2.39. The fourth-order valence-corrected chi connectivity index (χ4v) is 4.09. The van der Waals surface area contributed by atoms with Gasteiger partial charge in [-0.25, -0.2) is 0 Å².